The fourth-order valence-corrected chi connectivity index (χ4v) is 5.04. The van der Waals surface area contributed by atoms with Gasteiger partial charge in [0.15, 0.2) is 0 Å². The molecule has 0 saturated heterocycles. The summed E-state index contributed by atoms with van der Waals surface area (Å²) >= 11 is 4.10. The molecular weight excluding hydrogens is 286 g/mol. The van der Waals surface area contributed by atoms with Crippen molar-refractivity contribution in [3.8, 4) is 0 Å². The molecule has 1 aliphatic carbocycles. The van der Waals surface area contributed by atoms with Gasteiger partial charge in [-0.25, -0.2) is 0 Å². The number of rotatable bonds is 9. The minimum Gasteiger partial charge on any atom is -0.411 e. The SMILES string of the molecule is CCCCCCSCCSC1CCCCCCC1=NO. The summed E-state index contributed by atoms with van der Waals surface area (Å²) in [7, 11) is 0. The Balaban J connectivity index is 2.08. The molecule has 0 spiro atoms. The smallest absolute Gasteiger partial charge is 0.0700 e. The van der Waals surface area contributed by atoms with Crippen LogP contribution in [0.4, 0.5) is 0 Å². The van der Waals surface area contributed by atoms with Crippen LogP contribution in [0.1, 0.15) is 71.1 Å². The second-order valence-electron chi connectivity index (χ2n) is 5.58. The molecule has 0 radical (unpaired) electrons. The molecule has 1 N–H and O–H groups in total. The molecule has 118 valence electrons. The Labute approximate surface area is 133 Å². The lowest BCUT2D eigenvalue weighted by atomic mass is 9.99. The maximum absolute atomic E-state index is 9.17. The van der Waals surface area contributed by atoms with Gasteiger partial charge in [0.25, 0.3) is 0 Å². The van der Waals surface area contributed by atoms with Gasteiger partial charge in [-0.2, -0.15) is 23.5 Å². The first-order valence-corrected chi connectivity index (χ1v) is 10.5. The van der Waals surface area contributed by atoms with Crippen molar-refractivity contribution in [3.63, 3.8) is 0 Å². The lowest BCUT2D eigenvalue weighted by Gasteiger charge is -2.20. The molecule has 1 atom stereocenters. The third-order valence-corrected chi connectivity index (χ3v) is 6.52. The molecule has 0 amide bonds. The lowest BCUT2D eigenvalue weighted by molar-refractivity contribution is 0.315. The van der Waals surface area contributed by atoms with Crippen LogP contribution in [0.3, 0.4) is 0 Å². The van der Waals surface area contributed by atoms with E-state index in [1.807, 2.05) is 11.8 Å². The molecule has 0 aromatic carbocycles. The number of nitrogens with zero attached hydrogens (tertiary/aromatic N) is 1. The average molecular weight is 318 g/mol. The van der Waals surface area contributed by atoms with E-state index in [1.165, 1.54) is 75.0 Å². The zero-order valence-corrected chi connectivity index (χ0v) is 14.6. The highest BCUT2D eigenvalue weighted by Gasteiger charge is 2.18. The minimum absolute atomic E-state index is 0.473. The molecule has 0 aromatic rings. The first kappa shape index (κ1) is 18.2. The van der Waals surface area contributed by atoms with Gasteiger partial charge in [-0.05, 0) is 31.4 Å². The predicted molar refractivity (Wildman–Crippen MR) is 94.6 cm³/mol. The molecule has 2 nitrogen and oxygen atoms in total. The molecule has 4 heteroatoms. The van der Waals surface area contributed by atoms with E-state index in [9.17, 15) is 5.21 Å². The van der Waals surface area contributed by atoms with Crippen LogP contribution in [-0.4, -0.2) is 33.4 Å². The second-order valence-corrected chi connectivity index (χ2v) is 8.11. The number of unbranched alkanes of at least 4 members (excludes halogenated alkanes) is 3. The van der Waals surface area contributed by atoms with Gasteiger partial charge >= 0.3 is 0 Å². The quantitative estimate of drug-likeness (QED) is 0.342. The van der Waals surface area contributed by atoms with Crippen LogP contribution < -0.4 is 0 Å². The maximum Gasteiger partial charge on any atom is 0.0700 e. The summed E-state index contributed by atoms with van der Waals surface area (Å²) in [6.45, 7) is 2.26. The summed E-state index contributed by atoms with van der Waals surface area (Å²) in [5, 5.41) is 13.2. The normalized spacial score (nSPS) is 22.6. The summed E-state index contributed by atoms with van der Waals surface area (Å²) in [5.74, 6) is 3.75. The minimum atomic E-state index is 0.473. The standard InChI is InChI=1S/C16H31NOS2/c1-2-3-4-9-12-19-13-14-20-16-11-8-6-5-7-10-15(16)17-18/h16,18H,2-14H2,1H3. The highest BCUT2D eigenvalue weighted by Crippen LogP contribution is 2.26. The van der Waals surface area contributed by atoms with Crippen molar-refractivity contribution in [2.45, 2.75) is 76.4 Å². The van der Waals surface area contributed by atoms with E-state index in [2.05, 4.69) is 23.8 Å². The lowest BCUT2D eigenvalue weighted by Crippen LogP contribution is -2.20. The summed E-state index contributed by atoms with van der Waals surface area (Å²) in [6, 6.07) is 0. The van der Waals surface area contributed by atoms with Crippen LogP contribution in [0, 0.1) is 0 Å². The highest BCUT2D eigenvalue weighted by molar-refractivity contribution is 8.03. The van der Waals surface area contributed by atoms with E-state index in [1.54, 1.807) is 0 Å². The Morgan fingerprint density at radius 2 is 1.90 bits per heavy atom. The van der Waals surface area contributed by atoms with Crippen molar-refractivity contribution in [1.82, 2.24) is 0 Å². The van der Waals surface area contributed by atoms with Crippen molar-refractivity contribution in [1.29, 1.82) is 0 Å². The van der Waals surface area contributed by atoms with Gasteiger partial charge in [0.05, 0.1) is 5.71 Å². The Hall–Kier alpha value is 0.170. The third kappa shape index (κ3) is 8.46. The summed E-state index contributed by atoms with van der Waals surface area (Å²) in [4.78, 5) is 0. The molecule has 1 saturated carbocycles. The van der Waals surface area contributed by atoms with Crippen molar-refractivity contribution in [3.05, 3.63) is 0 Å². The number of thioether (sulfide) groups is 2. The van der Waals surface area contributed by atoms with Gasteiger partial charge in [0.1, 0.15) is 0 Å². The van der Waals surface area contributed by atoms with Crippen LogP contribution in [0.15, 0.2) is 5.16 Å². The maximum atomic E-state index is 9.17. The molecule has 1 aliphatic rings. The van der Waals surface area contributed by atoms with Gasteiger partial charge in [0, 0.05) is 16.8 Å². The zero-order chi connectivity index (χ0) is 14.5. The van der Waals surface area contributed by atoms with Crippen LogP contribution in [-0.2, 0) is 0 Å². The van der Waals surface area contributed by atoms with E-state index < -0.39 is 0 Å². The van der Waals surface area contributed by atoms with Crippen LogP contribution >= 0.6 is 23.5 Å². The van der Waals surface area contributed by atoms with Gasteiger partial charge in [-0.1, -0.05) is 50.6 Å². The topological polar surface area (TPSA) is 32.6 Å². The zero-order valence-electron chi connectivity index (χ0n) is 13.0. The summed E-state index contributed by atoms with van der Waals surface area (Å²) in [5.41, 5.74) is 1.04. The first-order chi connectivity index (χ1) is 9.88. The Morgan fingerprint density at radius 1 is 1.05 bits per heavy atom. The molecule has 0 bridgehead atoms. The number of hydrogen-bond acceptors (Lipinski definition) is 4. The molecular formula is C16H31NOS2. The molecule has 20 heavy (non-hydrogen) atoms. The van der Waals surface area contributed by atoms with E-state index in [4.69, 9.17) is 0 Å². The molecule has 0 heterocycles. The van der Waals surface area contributed by atoms with E-state index in [-0.39, 0.29) is 0 Å². The largest absolute Gasteiger partial charge is 0.411 e. The molecule has 0 aliphatic heterocycles. The van der Waals surface area contributed by atoms with Crippen LogP contribution in [0.2, 0.25) is 0 Å². The van der Waals surface area contributed by atoms with Crippen LogP contribution in [0.5, 0.6) is 0 Å². The van der Waals surface area contributed by atoms with Gasteiger partial charge < -0.3 is 5.21 Å². The summed E-state index contributed by atoms with van der Waals surface area (Å²) < 4.78 is 0. The van der Waals surface area contributed by atoms with Crippen molar-refractivity contribution < 1.29 is 5.21 Å². The van der Waals surface area contributed by atoms with E-state index in [0.717, 1.165) is 12.1 Å². The summed E-state index contributed by atoms with van der Waals surface area (Å²) in [6.07, 6.45) is 12.8. The average Bonchev–Trinajstić information content (AvgIpc) is 2.44. The second kappa shape index (κ2) is 12.9. The Bertz CT molecular complexity index is 259. The molecule has 0 aromatic heterocycles. The third-order valence-electron chi connectivity index (χ3n) is 3.84. The van der Waals surface area contributed by atoms with Gasteiger partial charge in [-0.3, -0.25) is 0 Å². The van der Waals surface area contributed by atoms with Crippen LogP contribution in [0.25, 0.3) is 0 Å². The highest BCUT2D eigenvalue weighted by atomic mass is 32.2. The number of hydrogen-bond donors (Lipinski definition) is 1. The van der Waals surface area contributed by atoms with Crippen molar-refractivity contribution >= 4 is 29.2 Å². The number of oxime groups is 1. The van der Waals surface area contributed by atoms with Crippen molar-refractivity contribution in [2.24, 2.45) is 5.16 Å². The molecule has 1 fully saturated rings. The monoisotopic (exact) mass is 317 g/mol. The fraction of sp³-hybridized carbons (Fsp3) is 0.938. The van der Waals surface area contributed by atoms with Gasteiger partial charge in [-0.15, -0.1) is 0 Å². The Kier molecular flexibility index (Phi) is 11.7. The predicted octanol–water partition coefficient (Wildman–Crippen LogP) is 5.59. The van der Waals surface area contributed by atoms with Crippen molar-refractivity contribution in [2.75, 3.05) is 17.3 Å². The van der Waals surface area contributed by atoms with E-state index in [0.29, 0.717) is 5.25 Å². The molecule has 1 unspecified atom stereocenters. The van der Waals surface area contributed by atoms with E-state index >= 15 is 0 Å². The molecule has 1 rings (SSSR count). The van der Waals surface area contributed by atoms with Gasteiger partial charge in [0.2, 0.25) is 0 Å². The Morgan fingerprint density at radius 3 is 2.70 bits per heavy atom. The fourth-order valence-electron chi connectivity index (χ4n) is 2.59. The first-order valence-electron chi connectivity index (χ1n) is 8.28.